The lowest BCUT2D eigenvalue weighted by Gasteiger charge is -2.27. The molecule has 220 valence electrons. The van der Waals surface area contributed by atoms with Gasteiger partial charge in [0.25, 0.3) is 0 Å². The number of rotatable bonds is 15. The molecule has 3 amide bonds. The van der Waals surface area contributed by atoms with E-state index in [0.717, 1.165) is 11.1 Å². The Hall–Kier alpha value is -3.64. The van der Waals surface area contributed by atoms with E-state index >= 15 is 0 Å². The van der Waals surface area contributed by atoms with Crippen molar-refractivity contribution in [1.29, 1.82) is 0 Å². The lowest BCUT2D eigenvalue weighted by Crippen LogP contribution is -2.55. The summed E-state index contributed by atoms with van der Waals surface area (Å²) < 4.78 is 16.4. The van der Waals surface area contributed by atoms with E-state index in [0.29, 0.717) is 39.3 Å². The molecule has 3 N–H and O–H groups in total. The van der Waals surface area contributed by atoms with Gasteiger partial charge in [-0.15, -0.1) is 0 Å². The molecule has 2 aromatic carbocycles. The van der Waals surface area contributed by atoms with E-state index in [2.05, 4.69) is 16.0 Å². The first-order chi connectivity index (χ1) is 19.8. The second-order valence-electron chi connectivity index (χ2n) is 10.4. The highest BCUT2D eigenvalue weighted by Gasteiger charge is 2.50. The molecule has 0 aliphatic carbocycles. The Labute approximate surface area is 239 Å². The average Bonchev–Trinajstić information content (AvgIpc) is 3.74. The molecule has 2 aromatic rings. The summed E-state index contributed by atoms with van der Waals surface area (Å²) in [5.74, 6) is -1.64. The number of epoxide rings is 1. The second-order valence-corrected chi connectivity index (χ2v) is 10.4. The van der Waals surface area contributed by atoms with Crippen LogP contribution >= 0.6 is 0 Å². The van der Waals surface area contributed by atoms with Crippen LogP contribution in [0, 0.1) is 0 Å². The van der Waals surface area contributed by atoms with Crippen molar-refractivity contribution >= 4 is 23.5 Å². The quantitative estimate of drug-likeness (QED) is 0.261. The van der Waals surface area contributed by atoms with Crippen molar-refractivity contribution in [2.24, 2.45) is 0 Å². The van der Waals surface area contributed by atoms with Crippen molar-refractivity contribution in [1.82, 2.24) is 20.9 Å². The minimum Gasteiger partial charge on any atom is -0.379 e. The van der Waals surface area contributed by atoms with Crippen molar-refractivity contribution in [2.45, 2.75) is 37.6 Å². The van der Waals surface area contributed by atoms with Crippen LogP contribution in [0.1, 0.15) is 18.1 Å². The topological polar surface area (TPSA) is 139 Å². The molecule has 11 heteroatoms. The van der Waals surface area contributed by atoms with Gasteiger partial charge >= 0.3 is 0 Å². The van der Waals surface area contributed by atoms with Gasteiger partial charge in [0.05, 0.1) is 52.2 Å². The van der Waals surface area contributed by atoms with Crippen LogP contribution < -0.4 is 16.0 Å². The monoisotopic (exact) mass is 566 g/mol. The summed E-state index contributed by atoms with van der Waals surface area (Å²) in [6.07, 6.45) is 0.297. The molecule has 41 heavy (non-hydrogen) atoms. The molecule has 2 aliphatic heterocycles. The Morgan fingerprint density at radius 1 is 0.902 bits per heavy atom. The van der Waals surface area contributed by atoms with Gasteiger partial charge in [-0.05, 0) is 24.5 Å². The summed E-state index contributed by atoms with van der Waals surface area (Å²) in [5, 5.41) is 8.06. The molecule has 0 aromatic heterocycles. The lowest BCUT2D eigenvalue weighted by atomic mass is 9.95. The molecular formula is C30H38N4O7. The van der Waals surface area contributed by atoms with Crippen LogP contribution in [0.15, 0.2) is 60.7 Å². The van der Waals surface area contributed by atoms with E-state index in [1.165, 1.54) is 0 Å². The van der Waals surface area contributed by atoms with Crippen LogP contribution in [0.4, 0.5) is 0 Å². The Morgan fingerprint density at radius 2 is 1.51 bits per heavy atom. The van der Waals surface area contributed by atoms with Crippen molar-refractivity contribution < 1.29 is 33.4 Å². The molecule has 0 spiro atoms. The maximum atomic E-state index is 13.1. The smallest absolute Gasteiger partial charge is 0.245 e. The standard InChI is InChI=1S/C30H38N4O7/c1-30(21-41-30)28(37)24(16-22-8-4-2-5-9-22)32-26(35)17-31-29(38)25(20-40-19-23-10-6-3-7-11-23)33-27(36)18-34-12-14-39-15-13-34/h2-11,24-25H,12-21H2,1H3,(H,31,38)(H,32,35)(H,33,36)/t24?,25?,30-/m1/s1. The van der Waals surface area contributed by atoms with E-state index in [1.54, 1.807) is 6.92 Å². The van der Waals surface area contributed by atoms with E-state index in [4.69, 9.17) is 14.2 Å². The van der Waals surface area contributed by atoms with Crippen molar-refractivity contribution in [3.63, 3.8) is 0 Å². The number of nitrogens with zero attached hydrogens (tertiary/aromatic N) is 1. The Bertz CT molecular complexity index is 1170. The molecule has 2 saturated heterocycles. The molecule has 2 unspecified atom stereocenters. The number of Topliss-reactive ketones (excluding diaryl/α,β-unsaturated/α-hetero) is 1. The largest absolute Gasteiger partial charge is 0.379 e. The molecule has 4 rings (SSSR count). The summed E-state index contributed by atoms with van der Waals surface area (Å²) >= 11 is 0. The van der Waals surface area contributed by atoms with Crippen molar-refractivity contribution in [3.05, 3.63) is 71.8 Å². The van der Waals surface area contributed by atoms with Crippen LogP contribution in [0.25, 0.3) is 0 Å². The van der Waals surface area contributed by atoms with E-state index in [1.807, 2.05) is 65.6 Å². The minimum absolute atomic E-state index is 0.0813. The van der Waals surface area contributed by atoms with Gasteiger partial charge in [0.2, 0.25) is 17.7 Å². The van der Waals surface area contributed by atoms with Crippen LogP contribution in [0.2, 0.25) is 0 Å². The number of ketones is 1. The lowest BCUT2D eigenvalue weighted by molar-refractivity contribution is -0.133. The van der Waals surface area contributed by atoms with Gasteiger partial charge in [0, 0.05) is 13.1 Å². The van der Waals surface area contributed by atoms with Gasteiger partial charge < -0.3 is 30.2 Å². The van der Waals surface area contributed by atoms with Crippen LogP contribution in [0.5, 0.6) is 0 Å². The first-order valence-corrected chi connectivity index (χ1v) is 13.8. The SMILES string of the molecule is C[C@]1(C(=O)C(Cc2ccccc2)NC(=O)CNC(=O)C(COCc2ccccc2)NC(=O)CN2CCOCC2)CO1. The maximum absolute atomic E-state index is 13.1. The third kappa shape index (κ3) is 9.75. The molecule has 2 fully saturated rings. The fraction of sp³-hybridized carbons (Fsp3) is 0.467. The number of carbonyl (C=O) groups excluding carboxylic acids is 4. The summed E-state index contributed by atoms with van der Waals surface area (Å²) in [6.45, 7) is 4.27. The highest BCUT2D eigenvalue weighted by molar-refractivity contribution is 5.97. The highest BCUT2D eigenvalue weighted by Crippen LogP contribution is 2.29. The van der Waals surface area contributed by atoms with Gasteiger partial charge in [-0.3, -0.25) is 24.1 Å². The highest BCUT2D eigenvalue weighted by atomic mass is 16.6. The molecular weight excluding hydrogens is 528 g/mol. The summed E-state index contributed by atoms with van der Waals surface area (Å²) in [6, 6.07) is 17.0. The summed E-state index contributed by atoms with van der Waals surface area (Å²) in [7, 11) is 0. The van der Waals surface area contributed by atoms with Gasteiger partial charge in [-0.1, -0.05) is 60.7 Å². The van der Waals surface area contributed by atoms with E-state index < -0.39 is 29.5 Å². The Balaban J connectivity index is 1.32. The third-order valence-corrected chi connectivity index (χ3v) is 6.97. The average molecular weight is 567 g/mol. The normalized spacial score (nSPS) is 19.9. The first kappa shape index (κ1) is 30.3. The van der Waals surface area contributed by atoms with E-state index in [9.17, 15) is 19.2 Å². The van der Waals surface area contributed by atoms with Gasteiger partial charge in [-0.2, -0.15) is 0 Å². The minimum atomic E-state index is -1.01. The molecule has 0 bridgehead atoms. The first-order valence-electron chi connectivity index (χ1n) is 13.8. The van der Waals surface area contributed by atoms with Crippen molar-refractivity contribution in [3.8, 4) is 0 Å². The van der Waals surface area contributed by atoms with Gasteiger partial charge in [-0.25, -0.2) is 0 Å². The number of ether oxygens (including phenoxy) is 3. The molecule has 2 heterocycles. The number of amides is 3. The zero-order valence-electron chi connectivity index (χ0n) is 23.3. The fourth-order valence-corrected chi connectivity index (χ4v) is 4.47. The number of morpholine rings is 1. The predicted molar refractivity (Wildman–Crippen MR) is 150 cm³/mol. The zero-order valence-corrected chi connectivity index (χ0v) is 23.3. The van der Waals surface area contributed by atoms with Gasteiger partial charge in [0.15, 0.2) is 5.78 Å². The van der Waals surface area contributed by atoms with E-state index in [-0.39, 0.29) is 38.0 Å². The Kier molecular flexibility index (Phi) is 11.0. The number of hydrogen-bond acceptors (Lipinski definition) is 8. The molecule has 3 atom stereocenters. The molecule has 0 radical (unpaired) electrons. The third-order valence-electron chi connectivity index (χ3n) is 6.97. The Morgan fingerprint density at radius 3 is 2.15 bits per heavy atom. The fourth-order valence-electron chi connectivity index (χ4n) is 4.47. The van der Waals surface area contributed by atoms with Gasteiger partial charge in [0.1, 0.15) is 11.6 Å². The number of hydrogen-bond donors (Lipinski definition) is 3. The van der Waals surface area contributed by atoms with Crippen LogP contribution in [-0.4, -0.2) is 98.7 Å². The second kappa shape index (κ2) is 14.8. The molecule has 2 aliphatic rings. The zero-order chi connectivity index (χ0) is 29.1. The van der Waals surface area contributed by atoms with Crippen LogP contribution in [-0.2, 0) is 46.4 Å². The number of benzene rings is 2. The maximum Gasteiger partial charge on any atom is 0.245 e. The molecule has 11 nitrogen and oxygen atoms in total. The molecule has 0 saturated carbocycles. The summed E-state index contributed by atoms with van der Waals surface area (Å²) in [4.78, 5) is 53.7. The number of nitrogens with one attached hydrogen (secondary N) is 3. The van der Waals surface area contributed by atoms with Crippen molar-refractivity contribution in [2.75, 3.05) is 52.6 Å². The number of carbonyl (C=O) groups is 4. The predicted octanol–water partition coefficient (Wildman–Crippen LogP) is 0.222. The summed E-state index contributed by atoms with van der Waals surface area (Å²) in [5.41, 5.74) is 0.897. The van der Waals surface area contributed by atoms with Crippen LogP contribution in [0.3, 0.4) is 0 Å².